The number of piperazine rings is 1. The predicted octanol–water partition coefficient (Wildman–Crippen LogP) is 3.29. The van der Waals surface area contributed by atoms with Gasteiger partial charge in [-0.3, -0.25) is 4.90 Å². The minimum Gasteiger partial charge on any atom is -0.369 e. The Labute approximate surface area is 123 Å². The van der Waals surface area contributed by atoms with Crippen LogP contribution in [0.15, 0.2) is 48.5 Å². The summed E-state index contributed by atoms with van der Waals surface area (Å²) in [5.74, 6) is -0.916. The minimum atomic E-state index is -0.458. The van der Waals surface area contributed by atoms with Gasteiger partial charge in [-0.15, -0.1) is 0 Å². The molecule has 2 nitrogen and oxygen atoms in total. The molecule has 2 aromatic rings. The molecule has 3 rings (SSSR count). The first-order chi connectivity index (χ1) is 10.2. The standard InChI is InChI=1S/C17H18F2N2/c18-16-7-4-8-17(19)15(16)13-20-9-11-21(12-10-20)14-5-2-1-3-6-14/h1-8H,9-13H2. The number of rotatable bonds is 3. The lowest BCUT2D eigenvalue weighted by atomic mass is 10.1. The van der Waals surface area contributed by atoms with E-state index in [9.17, 15) is 8.78 Å². The van der Waals surface area contributed by atoms with E-state index < -0.39 is 11.6 Å². The second-order valence-electron chi connectivity index (χ2n) is 5.30. The Hall–Kier alpha value is -1.94. The van der Waals surface area contributed by atoms with E-state index in [0.717, 1.165) is 26.2 Å². The average Bonchev–Trinajstić information content (AvgIpc) is 2.53. The summed E-state index contributed by atoms with van der Waals surface area (Å²) < 4.78 is 27.3. The number of para-hydroxylation sites is 1. The van der Waals surface area contributed by atoms with Gasteiger partial charge in [-0.25, -0.2) is 8.78 Å². The van der Waals surface area contributed by atoms with Crippen molar-refractivity contribution in [2.45, 2.75) is 6.54 Å². The van der Waals surface area contributed by atoms with Crippen LogP contribution >= 0.6 is 0 Å². The maximum Gasteiger partial charge on any atom is 0.130 e. The van der Waals surface area contributed by atoms with Crippen LogP contribution in [0, 0.1) is 11.6 Å². The lowest BCUT2D eigenvalue weighted by molar-refractivity contribution is 0.243. The highest BCUT2D eigenvalue weighted by Crippen LogP contribution is 2.19. The van der Waals surface area contributed by atoms with Gasteiger partial charge in [0.15, 0.2) is 0 Å². The maximum atomic E-state index is 13.7. The number of hydrogen-bond donors (Lipinski definition) is 0. The molecule has 1 heterocycles. The van der Waals surface area contributed by atoms with Crippen molar-refractivity contribution < 1.29 is 8.78 Å². The molecule has 0 N–H and O–H groups in total. The van der Waals surface area contributed by atoms with Crippen LogP contribution in [0.3, 0.4) is 0 Å². The molecule has 1 fully saturated rings. The summed E-state index contributed by atoms with van der Waals surface area (Å²) in [7, 11) is 0. The van der Waals surface area contributed by atoms with E-state index in [1.165, 1.54) is 23.9 Å². The van der Waals surface area contributed by atoms with Crippen molar-refractivity contribution in [1.29, 1.82) is 0 Å². The van der Waals surface area contributed by atoms with Crippen LogP contribution in [0.1, 0.15) is 5.56 Å². The van der Waals surface area contributed by atoms with Gasteiger partial charge in [-0.2, -0.15) is 0 Å². The summed E-state index contributed by atoms with van der Waals surface area (Å²) in [6.45, 7) is 3.70. The van der Waals surface area contributed by atoms with Crippen LogP contribution in [0.2, 0.25) is 0 Å². The molecule has 0 unspecified atom stereocenters. The fourth-order valence-corrected chi connectivity index (χ4v) is 2.71. The van der Waals surface area contributed by atoms with Gasteiger partial charge in [-0.1, -0.05) is 24.3 Å². The molecule has 0 amide bonds. The molecule has 0 atom stereocenters. The zero-order valence-corrected chi connectivity index (χ0v) is 11.8. The van der Waals surface area contributed by atoms with Crippen molar-refractivity contribution >= 4 is 5.69 Å². The average molecular weight is 288 g/mol. The molecular weight excluding hydrogens is 270 g/mol. The second-order valence-corrected chi connectivity index (χ2v) is 5.30. The topological polar surface area (TPSA) is 6.48 Å². The van der Waals surface area contributed by atoms with Crippen molar-refractivity contribution in [3.05, 3.63) is 65.7 Å². The molecule has 0 bridgehead atoms. The first-order valence-corrected chi connectivity index (χ1v) is 7.19. The predicted molar refractivity (Wildman–Crippen MR) is 80.3 cm³/mol. The first kappa shape index (κ1) is 14.0. The van der Waals surface area contributed by atoms with E-state index in [-0.39, 0.29) is 5.56 Å². The van der Waals surface area contributed by atoms with Crippen LogP contribution in [-0.2, 0) is 6.54 Å². The molecule has 0 spiro atoms. The third kappa shape index (κ3) is 3.22. The molecule has 1 aliphatic heterocycles. The Morgan fingerprint density at radius 2 is 1.38 bits per heavy atom. The summed E-state index contributed by atoms with van der Waals surface area (Å²) in [5, 5.41) is 0. The van der Waals surface area contributed by atoms with Gasteiger partial charge in [0.05, 0.1) is 0 Å². The monoisotopic (exact) mass is 288 g/mol. The number of halogens is 2. The lowest BCUT2D eigenvalue weighted by Gasteiger charge is -2.36. The molecule has 0 radical (unpaired) electrons. The van der Waals surface area contributed by atoms with E-state index in [4.69, 9.17) is 0 Å². The Bertz CT molecular complexity index is 573. The summed E-state index contributed by atoms with van der Waals surface area (Å²) in [4.78, 5) is 4.40. The van der Waals surface area contributed by atoms with Gasteiger partial charge in [0.25, 0.3) is 0 Å². The van der Waals surface area contributed by atoms with Gasteiger partial charge in [0.2, 0.25) is 0 Å². The summed E-state index contributed by atoms with van der Waals surface area (Å²) >= 11 is 0. The highest BCUT2D eigenvalue weighted by Gasteiger charge is 2.19. The van der Waals surface area contributed by atoms with Crippen LogP contribution in [-0.4, -0.2) is 31.1 Å². The van der Waals surface area contributed by atoms with E-state index in [1.54, 1.807) is 0 Å². The number of hydrogen-bond acceptors (Lipinski definition) is 2. The van der Waals surface area contributed by atoms with Gasteiger partial charge in [0, 0.05) is 44.0 Å². The first-order valence-electron chi connectivity index (χ1n) is 7.19. The Morgan fingerprint density at radius 3 is 2.00 bits per heavy atom. The second kappa shape index (κ2) is 6.22. The highest BCUT2D eigenvalue weighted by atomic mass is 19.1. The van der Waals surface area contributed by atoms with Crippen molar-refractivity contribution in [2.24, 2.45) is 0 Å². The van der Waals surface area contributed by atoms with Gasteiger partial charge < -0.3 is 4.90 Å². The van der Waals surface area contributed by atoms with Gasteiger partial charge >= 0.3 is 0 Å². The largest absolute Gasteiger partial charge is 0.369 e. The Balaban J connectivity index is 1.62. The number of anilines is 1. The van der Waals surface area contributed by atoms with E-state index in [1.807, 2.05) is 18.2 Å². The molecule has 0 aromatic heterocycles. The van der Waals surface area contributed by atoms with Crippen LogP contribution in [0.4, 0.5) is 14.5 Å². The van der Waals surface area contributed by atoms with Crippen molar-refractivity contribution in [2.75, 3.05) is 31.1 Å². The summed E-state index contributed by atoms with van der Waals surface area (Å²) in [5.41, 5.74) is 1.37. The summed E-state index contributed by atoms with van der Waals surface area (Å²) in [6.07, 6.45) is 0. The number of nitrogens with zero attached hydrogens (tertiary/aromatic N) is 2. The molecule has 1 aliphatic rings. The van der Waals surface area contributed by atoms with Gasteiger partial charge in [-0.05, 0) is 24.3 Å². The quantitative estimate of drug-likeness (QED) is 0.855. The molecule has 4 heteroatoms. The van der Waals surface area contributed by atoms with Crippen molar-refractivity contribution in [3.63, 3.8) is 0 Å². The molecule has 2 aromatic carbocycles. The SMILES string of the molecule is Fc1cccc(F)c1CN1CCN(c2ccccc2)CC1. The Kier molecular flexibility index (Phi) is 4.15. The molecular formula is C17H18F2N2. The maximum absolute atomic E-state index is 13.7. The van der Waals surface area contributed by atoms with Crippen LogP contribution < -0.4 is 4.90 Å². The Morgan fingerprint density at radius 1 is 0.762 bits per heavy atom. The third-order valence-electron chi connectivity index (χ3n) is 3.94. The third-order valence-corrected chi connectivity index (χ3v) is 3.94. The smallest absolute Gasteiger partial charge is 0.130 e. The highest BCUT2D eigenvalue weighted by molar-refractivity contribution is 5.46. The normalized spacial score (nSPS) is 16.2. The minimum absolute atomic E-state index is 0.172. The van der Waals surface area contributed by atoms with E-state index in [2.05, 4.69) is 21.9 Å². The summed E-state index contributed by atoms with van der Waals surface area (Å²) in [6, 6.07) is 14.3. The van der Waals surface area contributed by atoms with E-state index >= 15 is 0 Å². The molecule has 1 saturated heterocycles. The zero-order chi connectivity index (χ0) is 14.7. The fraction of sp³-hybridized carbons (Fsp3) is 0.294. The zero-order valence-electron chi connectivity index (χ0n) is 11.8. The lowest BCUT2D eigenvalue weighted by Crippen LogP contribution is -2.46. The van der Waals surface area contributed by atoms with Crippen molar-refractivity contribution in [1.82, 2.24) is 4.90 Å². The van der Waals surface area contributed by atoms with Gasteiger partial charge in [0.1, 0.15) is 11.6 Å². The molecule has 0 saturated carbocycles. The van der Waals surface area contributed by atoms with Crippen LogP contribution in [0.25, 0.3) is 0 Å². The molecule has 110 valence electrons. The molecule has 21 heavy (non-hydrogen) atoms. The van der Waals surface area contributed by atoms with Crippen LogP contribution in [0.5, 0.6) is 0 Å². The van der Waals surface area contributed by atoms with Crippen molar-refractivity contribution in [3.8, 4) is 0 Å². The fourth-order valence-electron chi connectivity index (χ4n) is 2.71. The van der Waals surface area contributed by atoms with E-state index in [0.29, 0.717) is 6.54 Å². The molecule has 0 aliphatic carbocycles. The number of benzene rings is 2.